The Labute approximate surface area is 621 Å². The van der Waals surface area contributed by atoms with E-state index in [1.54, 1.807) is 5.32 Å². The van der Waals surface area contributed by atoms with Crippen LogP contribution in [-0.2, 0) is 41.7 Å². The van der Waals surface area contributed by atoms with Crippen molar-refractivity contribution in [2.75, 3.05) is 66.6 Å². The molecule has 2 aliphatic heterocycles. The normalized spacial score (nSPS) is 13.8. The van der Waals surface area contributed by atoms with E-state index in [0.717, 1.165) is 70.4 Å². The molecular formula is C64H64F12N12O24. The number of nitrogens with two attached hydrogens (primary N) is 2. The summed E-state index contributed by atoms with van der Waals surface area (Å²) in [4.78, 5) is 133. The maximum absolute atomic E-state index is 12.4. The van der Waals surface area contributed by atoms with Crippen molar-refractivity contribution in [1.82, 2.24) is 31.1 Å². The zero-order valence-electron chi connectivity index (χ0n) is 57.6. The number of alkyl halides is 12. The number of nitro groups is 4. The van der Waals surface area contributed by atoms with Gasteiger partial charge in [0, 0.05) is 99.9 Å². The molecule has 8 rings (SSSR count). The second-order valence-electron chi connectivity index (χ2n) is 22.1. The quantitative estimate of drug-likeness (QED) is 0.0124. The third kappa shape index (κ3) is 35.7. The van der Waals surface area contributed by atoms with Crippen LogP contribution in [0, 0.1) is 40.5 Å². The SMILES string of the molecule is COC(=O)CN.COC(=O)CNC(=O)c1cc(OC(F)(F)F)ccc1[N+](=O)[O-].N[C@@H]1CCN(Cc2ccccc2)C1.O=C(CNC(=O)c1cc(OC(F)(F)F)ccc1[N+](=O)[O-])N[C@@H]1CCN(Cc2ccccc2)C1.O=C(O)CNC(=O)c1cc(OC(F)(F)F)ccc1[N+](=O)[O-].O=C(O)c1cc(OC(F)(F)F)ccc1[N+](=O)[O-]. The lowest BCUT2D eigenvalue weighted by molar-refractivity contribution is -0.385. The van der Waals surface area contributed by atoms with Gasteiger partial charge in [0.05, 0.1) is 47.0 Å². The molecule has 608 valence electrons. The molecule has 2 aliphatic rings. The first kappa shape index (κ1) is 93.1. The Bertz CT molecular complexity index is 4260. The van der Waals surface area contributed by atoms with Crippen LogP contribution in [0.1, 0.15) is 65.4 Å². The van der Waals surface area contributed by atoms with Crippen molar-refractivity contribution in [2.24, 2.45) is 11.5 Å². The van der Waals surface area contributed by atoms with Crippen molar-refractivity contribution in [3.63, 3.8) is 0 Å². The Morgan fingerprint density at radius 3 is 1.08 bits per heavy atom. The van der Waals surface area contributed by atoms with Gasteiger partial charge in [-0.2, -0.15) is 0 Å². The number of aromatic carboxylic acids is 1. The summed E-state index contributed by atoms with van der Waals surface area (Å²) < 4.78 is 168. The number of carboxylic acids is 2. The predicted molar refractivity (Wildman–Crippen MR) is 356 cm³/mol. The van der Waals surface area contributed by atoms with Crippen LogP contribution >= 0.6 is 0 Å². The first-order chi connectivity index (χ1) is 52.2. The highest BCUT2D eigenvalue weighted by molar-refractivity contribution is 6.01. The molecule has 0 radical (unpaired) electrons. The maximum atomic E-state index is 12.4. The Morgan fingerprint density at radius 1 is 0.464 bits per heavy atom. The first-order valence-corrected chi connectivity index (χ1v) is 31.1. The van der Waals surface area contributed by atoms with Crippen LogP contribution in [0.15, 0.2) is 133 Å². The highest BCUT2D eigenvalue weighted by atomic mass is 19.4. The number of aliphatic carboxylic acids is 1. The third-order valence-corrected chi connectivity index (χ3v) is 13.8. The molecule has 6 aromatic rings. The lowest BCUT2D eigenvalue weighted by Crippen LogP contribution is -2.43. The Balaban J connectivity index is 0.000000366. The fraction of sp³-hybridized carbons (Fsp3) is 0.312. The molecule has 2 fully saturated rings. The fourth-order valence-electron chi connectivity index (χ4n) is 9.18. The number of carbonyl (C=O) groups excluding carboxylic acids is 6. The molecule has 2 atom stereocenters. The third-order valence-electron chi connectivity index (χ3n) is 13.8. The summed E-state index contributed by atoms with van der Waals surface area (Å²) >= 11 is 0. The number of carbonyl (C=O) groups is 8. The smallest absolute Gasteiger partial charge is 0.480 e. The molecule has 112 heavy (non-hydrogen) atoms. The molecule has 6 aromatic carbocycles. The summed E-state index contributed by atoms with van der Waals surface area (Å²) in [7, 11) is 2.35. The molecule has 36 nitrogen and oxygen atoms in total. The van der Waals surface area contributed by atoms with Gasteiger partial charge in [-0.05, 0) is 48.2 Å². The molecule has 2 saturated heterocycles. The van der Waals surface area contributed by atoms with Gasteiger partial charge in [-0.25, -0.2) is 4.79 Å². The number of hydrogen-bond acceptors (Lipinski definition) is 26. The van der Waals surface area contributed by atoms with E-state index in [-0.39, 0.29) is 18.6 Å². The van der Waals surface area contributed by atoms with E-state index < -0.39 is 174 Å². The summed E-state index contributed by atoms with van der Waals surface area (Å²) in [6.07, 6.45) is -18.2. The van der Waals surface area contributed by atoms with Crippen LogP contribution in [0.4, 0.5) is 75.4 Å². The first-order valence-electron chi connectivity index (χ1n) is 31.1. The van der Waals surface area contributed by atoms with Crippen molar-refractivity contribution in [3.8, 4) is 23.0 Å². The molecule has 48 heteroatoms. The second-order valence-corrected chi connectivity index (χ2v) is 22.1. The van der Waals surface area contributed by atoms with Gasteiger partial charge in [0.15, 0.2) is 0 Å². The number of nitrogens with one attached hydrogen (secondary N) is 4. The molecule has 4 amide bonds. The minimum atomic E-state index is -5.04. The van der Waals surface area contributed by atoms with Crippen molar-refractivity contribution >= 4 is 70.3 Å². The van der Waals surface area contributed by atoms with Crippen LogP contribution < -0.4 is 51.7 Å². The van der Waals surface area contributed by atoms with Crippen LogP contribution in [0.25, 0.3) is 0 Å². The highest BCUT2D eigenvalue weighted by Gasteiger charge is 2.37. The van der Waals surface area contributed by atoms with Crippen LogP contribution in [0.3, 0.4) is 0 Å². The van der Waals surface area contributed by atoms with Gasteiger partial charge in [0.25, 0.3) is 40.5 Å². The van der Waals surface area contributed by atoms with Crippen LogP contribution in [0.5, 0.6) is 23.0 Å². The molecule has 2 heterocycles. The summed E-state index contributed by atoms with van der Waals surface area (Å²) in [5.41, 5.74) is 7.17. The number of amides is 4. The number of hydrogen-bond donors (Lipinski definition) is 8. The van der Waals surface area contributed by atoms with Crippen molar-refractivity contribution in [2.45, 2.75) is 63.5 Å². The number of methoxy groups -OCH3 is 2. The summed E-state index contributed by atoms with van der Waals surface area (Å²) in [6.45, 7) is 3.42. The lowest BCUT2D eigenvalue weighted by Gasteiger charge is -2.17. The number of rotatable bonds is 24. The summed E-state index contributed by atoms with van der Waals surface area (Å²) in [5, 5.41) is 68.8. The van der Waals surface area contributed by atoms with E-state index in [1.165, 1.54) is 12.7 Å². The number of likely N-dealkylation sites (tertiary alicyclic amines) is 2. The summed E-state index contributed by atoms with van der Waals surface area (Å²) in [5.74, 6) is -11.5. The molecule has 0 saturated carbocycles. The van der Waals surface area contributed by atoms with Crippen molar-refractivity contribution in [3.05, 3.63) is 207 Å². The molecule has 0 bridgehead atoms. The largest absolute Gasteiger partial charge is 0.573 e. The zero-order chi connectivity index (χ0) is 84.4. The Kier molecular flexibility index (Phi) is 36.4. The second kappa shape index (κ2) is 43.8. The monoisotopic (exact) mass is 1610 g/mol. The standard InChI is InChI=1S/C21H21F3N4O5.C11H9F3N2O6.C11H16N2.C10H7F3N2O6.C8H4F3NO5.C3H7NO2/c22-21(23,24)33-16-6-7-18(28(31)32)17(10-16)20(30)25-11-19(29)26-15-8-9-27(13-15)12-14-4-2-1-3-5-14;1-21-9(17)5-15-10(18)7-4-6(22-11(12,13)14)2-3-8(7)16(19)20;12-11-6-7-13(9-11)8-10-4-2-1-3-5-10;11-10(12,13)21-5-1-2-7(15(19)20)6(3-5)9(18)14-4-8(16)17;9-8(10,11)17-4-1-2-6(12(15)16)5(3-4)7(13)14;1-6-3(5)2-4/h1-7,10,15H,8-9,11-13H2,(H,25,30)(H,26,29);2-4H,5H2,1H3,(H,15,18);1-5,11H,6-9,12H2;1-3H,4H2,(H,14,18)(H,16,17);1-3H,(H,13,14);2,4H2,1H3/t15-;;11-;;;/m1.1.../s1. The van der Waals surface area contributed by atoms with E-state index in [0.29, 0.717) is 73.3 Å². The van der Waals surface area contributed by atoms with Gasteiger partial charge in [0.2, 0.25) is 5.91 Å². The van der Waals surface area contributed by atoms with Crippen LogP contribution in [-0.4, -0.2) is 191 Å². The summed E-state index contributed by atoms with van der Waals surface area (Å²) in [6, 6.07) is 28.2. The van der Waals surface area contributed by atoms with E-state index in [9.17, 15) is 131 Å². The van der Waals surface area contributed by atoms with Gasteiger partial charge < -0.3 is 71.4 Å². The zero-order valence-corrected chi connectivity index (χ0v) is 57.6. The maximum Gasteiger partial charge on any atom is 0.573 e. The minimum absolute atomic E-state index is 0.0312. The number of ether oxygens (including phenoxy) is 6. The van der Waals surface area contributed by atoms with Crippen LogP contribution in [0.2, 0.25) is 0 Å². The van der Waals surface area contributed by atoms with Gasteiger partial charge in [-0.3, -0.25) is 83.8 Å². The molecule has 0 spiro atoms. The van der Waals surface area contributed by atoms with E-state index in [1.807, 2.05) is 35.6 Å². The number of nitro benzene ring substituents is 4. The number of nitrogens with zero attached hydrogens (tertiary/aromatic N) is 6. The van der Waals surface area contributed by atoms with Gasteiger partial charge in [0.1, 0.15) is 58.3 Å². The van der Waals surface area contributed by atoms with Gasteiger partial charge >= 0.3 is 49.3 Å². The molecular weight excluding hydrogens is 1550 g/mol. The van der Waals surface area contributed by atoms with Gasteiger partial charge in [-0.15, -0.1) is 52.7 Å². The average molecular weight is 1610 g/mol. The van der Waals surface area contributed by atoms with E-state index in [4.69, 9.17) is 21.7 Å². The molecule has 0 aliphatic carbocycles. The Hall–Kier alpha value is -13.1. The van der Waals surface area contributed by atoms with E-state index in [2.05, 4.69) is 79.2 Å². The number of benzene rings is 6. The lowest BCUT2D eigenvalue weighted by atomic mass is 10.1. The predicted octanol–water partition coefficient (Wildman–Crippen LogP) is 7.85. The average Bonchev–Trinajstić information content (AvgIpc) is 1.12. The molecule has 0 unspecified atom stereocenters. The fourth-order valence-corrected chi connectivity index (χ4v) is 9.18. The molecule has 10 N–H and O–H groups in total. The van der Waals surface area contributed by atoms with Gasteiger partial charge in [-0.1, -0.05) is 60.7 Å². The minimum Gasteiger partial charge on any atom is -0.480 e. The van der Waals surface area contributed by atoms with E-state index >= 15 is 0 Å². The number of halogens is 12. The molecule has 0 aromatic heterocycles. The Morgan fingerprint density at radius 2 is 0.786 bits per heavy atom. The highest BCUT2D eigenvalue weighted by Crippen LogP contribution is 2.33. The number of carboxylic acid groups (broad SMARTS) is 2. The number of esters is 2. The topological polar surface area (TPSA) is 512 Å². The van der Waals surface area contributed by atoms with Crippen molar-refractivity contribution < 1.29 is 149 Å². The van der Waals surface area contributed by atoms with Crippen molar-refractivity contribution in [1.29, 1.82) is 0 Å².